The Morgan fingerprint density at radius 3 is 2.70 bits per heavy atom. The Morgan fingerprint density at radius 1 is 1.23 bits per heavy atom. The number of benzene rings is 1. The zero-order valence-corrected chi connectivity index (χ0v) is 17.2. The Hall–Kier alpha value is -3.57. The lowest BCUT2D eigenvalue weighted by molar-refractivity contribution is 0.104. The third-order valence-electron chi connectivity index (χ3n) is 4.12. The summed E-state index contributed by atoms with van der Waals surface area (Å²) in [7, 11) is -3.75. The quantitative estimate of drug-likeness (QED) is 0.345. The predicted octanol–water partition coefficient (Wildman–Crippen LogP) is 3.32. The molecule has 11 heteroatoms. The summed E-state index contributed by atoms with van der Waals surface area (Å²) in [4.78, 5) is 16.4. The largest absolute Gasteiger partial charge is 0.465 e. The first kappa shape index (κ1) is 19.7. The number of hydrogen-bond donors (Lipinski definition) is 1. The first-order chi connectivity index (χ1) is 14.4. The van der Waals surface area contributed by atoms with Gasteiger partial charge in [-0.3, -0.25) is 9.52 Å². The van der Waals surface area contributed by atoms with E-state index in [-0.39, 0.29) is 21.5 Å². The summed E-state index contributed by atoms with van der Waals surface area (Å²) < 4.78 is 33.9. The number of carbonyl (C=O) groups excluding carboxylic acids is 1. The van der Waals surface area contributed by atoms with Crippen molar-refractivity contribution in [2.24, 2.45) is 0 Å². The summed E-state index contributed by atoms with van der Waals surface area (Å²) in [6.45, 7) is 1.71. The average Bonchev–Trinajstić information content (AvgIpc) is 3.48. The number of nitrogens with zero attached hydrogens (tertiary/aromatic N) is 4. The number of carbonyl (C=O) groups is 1. The van der Waals surface area contributed by atoms with E-state index in [1.54, 1.807) is 42.6 Å². The van der Waals surface area contributed by atoms with Crippen molar-refractivity contribution in [1.29, 1.82) is 0 Å². The van der Waals surface area contributed by atoms with Crippen LogP contribution in [0.5, 0.6) is 0 Å². The molecule has 0 fully saturated rings. The maximum absolute atomic E-state index is 12.4. The van der Waals surface area contributed by atoms with E-state index in [0.29, 0.717) is 17.1 Å². The highest BCUT2D eigenvalue weighted by Gasteiger charge is 2.18. The molecule has 0 amide bonds. The van der Waals surface area contributed by atoms with Gasteiger partial charge in [0.15, 0.2) is 10.8 Å². The van der Waals surface area contributed by atoms with Crippen molar-refractivity contribution in [3.63, 3.8) is 0 Å². The van der Waals surface area contributed by atoms with E-state index in [1.807, 2.05) is 0 Å². The molecule has 0 spiro atoms. The lowest BCUT2D eigenvalue weighted by Crippen LogP contribution is -2.13. The molecule has 9 nitrogen and oxygen atoms in total. The summed E-state index contributed by atoms with van der Waals surface area (Å²) in [5, 5.41) is 9.94. The summed E-state index contributed by atoms with van der Waals surface area (Å²) in [6, 6.07) is 9.53. The standard InChI is InChI=1S/C19H15N5O4S2/c1-13-18(17(25)9-6-15-3-2-11-28-15)21-23-24(13)14-4-7-16(8-5-14)30(26,27)22-19-20-10-12-29-19/h2-12H,1H3,(H,20,22)/b9-6+. The van der Waals surface area contributed by atoms with Crippen LogP contribution in [0.25, 0.3) is 11.8 Å². The Balaban J connectivity index is 1.54. The van der Waals surface area contributed by atoms with E-state index in [9.17, 15) is 13.2 Å². The lowest BCUT2D eigenvalue weighted by atomic mass is 10.2. The van der Waals surface area contributed by atoms with Crippen LogP contribution in [-0.4, -0.2) is 34.2 Å². The van der Waals surface area contributed by atoms with Gasteiger partial charge in [0, 0.05) is 11.6 Å². The number of ketones is 1. The van der Waals surface area contributed by atoms with Gasteiger partial charge in [0.2, 0.25) is 5.78 Å². The van der Waals surface area contributed by atoms with Crippen molar-refractivity contribution < 1.29 is 17.6 Å². The van der Waals surface area contributed by atoms with Crippen molar-refractivity contribution >= 4 is 38.4 Å². The highest BCUT2D eigenvalue weighted by Crippen LogP contribution is 2.20. The summed E-state index contributed by atoms with van der Waals surface area (Å²) in [5.74, 6) is 0.235. The minimum Gasteiger partial charge on any atom is -0.465 e. The third kappa shape index (κ3) is 4.07. The van der Waals surface area contributed by atoms with E-state index in [1.165, 1.54) is 46.7 Å². The first-order valence-electron chi connectivity index (χ1n) is 8.65. The molecule has 1 N–H and O–H groups in total. The van der Waals surface area contributed by atoms with Gasteiger partial charge in [-0.05, 0) is 55.5 Å². The number of allylic oxidation sites excluding steroid dienone is 1. The normalized spacial score (nSPS) is 11.8. The van der Waals surface area contributed by atoms with Crippen LogP contribution in [0.4, 0.5) is 5.13 Å². The molecule has 30 heavy (non-hydrogen) atoms. The van der Waals surface area contributed by atoms with Gasteiger partial charge in [-0.15, -0.1) is 16.4 Å². The Kier molecular flexibility index (Phi) is 5.29. The fraction of sp³-hybridized carbons (Fsp3) is 0.0526. The van der Waals surface area contributed by atoms with E-state index in [4.69, 9.17) is 4.42 Å². The van der Waals surface area contributed by atoms with Crippen LogP contribution in [0.2, 0.25) is 0 Å². The molecule has 0 saturated heterocycles. The molecule has 0 aliphatic heterocycles. The second kappa shape index (κ2) is 8.05. The minimum absolute atomic E-state index is 0.0805. The Morgan fingerprint density at radius 2 is 2.03 bits per heavy atom. The zero-order valence-electron chi connectivity index (χ0n) is 15.6. The van der Waals surface area contributed by atoms with Gasteiger partial charge >= 0.3 is 0 Å². The molecule has 0 radical (unpaired) electrons. The van der Waals surface area contributed by atoms with Crippen LogP contribution in [0.15, 0.2) is 69.6 Å². The number of sulfonamides is 1. The summed E-state index contributed by atoms with van der Waals surface area (Å²) in [5.41, 5.74) is 1.29. The van der Waals surface area contributed by atoms with Crippen molar-refractivity contribution in [3.05, 3.63) is 77.5 Å². The smallest absolute Gasteiger partial charge is 0.263 e. The van der Waals surface area contributed by atoms with Gasteiger partial charge in [0.05, 0.1) is 22.5 Å². The molecular formula is C19H15N5O4S2. The van der Waals surface area contributed by atoms with Crippen LogP contribution in [0.3, 0.4) is 0 Å². The Labute approximate surface area is 175 Å². The molecule has 0 saturated carbocycles. The molecule has 0 bridgehead atoms. The number of anilines is 1. The van der Waals surface area contributed by atoms with Crippen LogP contribution < -0.4 is 4.72 Å². The van der Waals surface area contributed by atoms with Gasteiger partial charge in [0.25, 0.3) is 10.0 Å². The maximum atomic E-state index is 12.4. The highest BCUT2D eigenvalue weighted by molar-refractivity contribution is 7.93. The van der Waals surface area contributed by atoms with Crippen LogP contribution >= 0.6 is 11.3 Å². The molecule has 3 heterocycles. The van der Waals surface area contributed by atoms with Crippen LogP contribution in [0.1, 0.15) is 21.9 Å². The molecule has 1 aromatic carbocycles. The first-order valence-corrected chi connectivity index (χ1v) is 11.0. The van der Waals surface area contributed by atoms with E-state index >= 15 is 0 Å². The second-order valence-electron chi connectivity index (χ2n) is 6.08. The van der Waals surface area contributed by atoms with Gasteiger partial charge < -0.3 is 4.42 Å². The fourth-order valence-electron chi connectivity index (χ4n) is 2.64. The lowest BCUT2D eigenvalue weighted by Gasteiger charge is -2.07. The highest BCUT2D eigenvalue weighted by atomic mass is 32.2. The molecule has 4 rings (SSSR count). The van der Waals surface area contributed by atoms with Gasteiger partial charge in [-0.25, -0.2) is 18.1 Å². The molecule has 0 aliphatic rings. The number of rotatable bonds is 7. The molecule has 0 unspecified atom stereocenters. The number of thiazole rings is 1. The molecule has 152 valence electrons. The SMILES string of the molecule is Cc1c(C(=O)/C=C/c2ccco2)nnn1-c1ccc(S(=O)(=O)Nc2nccs2)cc1. The number of furan rings is 1. The predicted molar refractivity (Wildman–Crippen MR) is 111 cm³/mol. The van der Waals surface area contributed by atoms with Gasteiger partial charge in [-0.1, -0.05) is 5.21 Å². The van der Waals surface area contributed by atoms with Crippen molar-refractivity contribution in [2.75, 3.05) is 4.72 Å². The number of hydrogen-bond acceptors (Lipinski definition) is 8. The molecule has 4 aromatic rings. The summed E-state index contributed by atoms with van der Waals surface area (Å²) in [6.07, 6.45) is 5.94. The fourth-order valence-corrected chi connectivity index (χ4v) is 4.43. The second-order valence-corrected chi connectivity index (χ2v) is 8.66. The minimum atomic E-state index is -3.75. The molecule has 3 aromatic heterocycles. The topological polar surface area (TPSA) is 120 Å². The van der Waals surface area contributed by atoms with E-state index in [0.717, 1.165) is 0 Å². The average molecular weight is 441 g/mol. The van der Waals surface area contributed by atoms with Crippen LogP contribution in [0, 0.1) is 6.92 Å². The molecule has 0 atom stereocenters. The van der Waals surface area contributed by atoms with Crippen molar-refractivity contribution in [2.45, 2.75) is 11.8 Å². The molecular weight excluding hydrogens is 426 g/mol. The Bertz CT molecular complexity index is 1290. The summed E-state index contributed by atoms with van der Waals surface area (Å²) >= 11 is 1.19. The third-order valence-corrected chi connectivity index (χ3v) is 6.29. The zero-order chi connectivity index (χ0) is 21.1. The van der Waals surface area contributed by atoms with Gasteiger partial charge in [-0.2, -0.15) is 0 Å². The molecule has 0 aliphatic carbocycles. The van der Waals surface area contributed by atoms with Gasteiger partial charge in [0.1, 0.15) is 5.76 Å². The van der Waals surface area contributed by atoms with E-state index < -0.39 is 10.0 Å². The number of aromatic nitrogens is 4. The number of nitrogens with one attached hydrogen (secondary N) is 1. The van der Waals surface area contributed by atoms with Crippen molar-refractivity contribution in [3.8, 4) is 5.69 Å². The van der Waals surface area contributed by atoms with Crippen LogP contribution in [-0.2, 0) is 10.0 Å². The van der Waals surface area contributed by atoms with E-state index in [2.05, 4.69) is 20.0 Å². The monoisotopic (exact) mass is 441 g/mol. The maximum Gasteiger partial charge on any atom is 0.263 e. The van der Waals surface area contributed by atoms with Crippen molar-refractivity contribution in [1.82, 2.24) is 20.0 Å².